The van der Waals surface area contributed by atoms with E-state index in [4.69, 9.17) is 5.11 Å². The van der Waals surface area contributed by atoms with E-state index < -0.39 is 12.0 Å². The van der Waals surface area contributed by atoms with Crippen LogP contribution in [0.1, 0.15) is 19.8 Å². The molecule has 1 aliphatic carbocycles. The Kier molecular flexibility index (Phi) is 2.75. The van der Waals surface area contributed by atoms with Gasteiger partial charge in [-0.3, -0.25) is 4.79 Å². The number of carbonyl (C=O) groups excluding carboxylic acids is 1. The highest BCUT2D eigenvalue weighted by molar-refractivity contribution is 5.82. The number of carbonyl (C=O) groups is 2. The van der Waals surface area contributed by atoms with E-state index in [-0.39, 0.29) is 6.03 Å². The Hall–Kier alpha value is -1.26. The molecule has 0 radical (unpaired) electrons. The molecule has 1 aliphatic rings. The van der Waals surface area contributed by atoms with Crippen LogP contribution in [0, 0.1) is 0 Å². The highest BCUT2D eigenvalue weighted by atomic mass is 16.4. The Balaban J connectivity index is 2.35. The van der Waals surface area contributed by atoms with E-state index in [0.29, 0.717) is 6.04 Å². The van der Waals surface area contributed by atoms with Crippen molar-refractivity contribution < 1.29 is 14.7 Å². The molecule has 0 heterocycles. The lowest BCUT2D eigenvalue weighted by atomic mass is 10.3. The maximum Gasteiger partial charge on any atom is 0.325 e. The monoisotopic (exact) mass is 186 g/mol. The van der Waals surface area contributed by atoms with Crippen LogP contribution in [0.3, 0.4) is 0 Å². The fourth-order valence-electron chi connectivity index (χ4n) is 0.976. The zero-order valence-corrected chi connectivity index (χ0v) is 7.78. The Morgan fingerprint density at radius 1 is 1.54 bits per heavy atom. The fraction of sp³-hybridized carbons (Fsp3) is 0.750. The molecule has 1 saturated carbocycles. The molecule has 0 spiro atoms. The number of urea groups is 1. The second-order valence-electron chi connectivity index (χ2n) is 3.35. The van der Waals surface area contributed by atoms with Gasteiger partial charge in [-0.1, -0.05) is 0 Å². The Morgan fingerprint density at radius 2 is 2.08 bits per heavy atom. The van der Waals surface area contributed by atoms with Crippen LogP contribution >= 0.6 is 0 Å². The van der Waals surface area contributed by atoms with Gasteiger partial charge in [0.15, 0.2) is 0 Å². The number of carboxylic acids is 1. The molecule has 13 heavy (non-hydrogen) atoms. The zero-order chi connectivity index (χ0) is 10.0. The molecular formula is C8H14N2O3. The number of nitrogens with zero attached hydrogens (tertiary/aromatic N) is 1. The molecule has 0 bridgehead atoms. The van der Waals surface area contributed by atoms with E-state index in [1.54, 1.807) is 11.9 Å². The summed E-state index contributed by atoms with van der Waals surface area (Å²) in [5, 5.41) is 10.9. The van der Waals surface area contributed by atoms with Crippen molar-refractivity contribution in [2.75, 3.05) is 7.05 Å². The van der Waals surface area contributed by atoms with Crippen LogP contribution in [-0.2, 0) is 4.79 Å². The predicted molar refractivity (Wildman–Crippen MR) is 46.4 cm³/mol. The largest absolute Gasteiger partial charge is 0.480 e. The van der Waals surface area contributed by atoms with Crippen LogP contribution < -0.4 is 5.32 Å². The summed E-state index contributed by atoms with van der Waals surface area (Å²) in [6, 6.07) is -0.827. The lowest BCUT2D eigenvalue weighted by Crippen LogP contribution is -2.45. The van der Waals surface area contributed by atoms with Crippen molar-refractivity contribution in [3.63, 3.8) is 0 Å². The molecule has 0 aliphatic heterocycles. The zero-order valence-electron chi connectivity index (χ0n) is 7.78. The summed E-state index contributed by atoms with van der Waals surface area (Å²) in [6.45, 7) is 1.45. The highest BCUT2D eigenvalue weighted by Crippen LogP contribution is 2.25. The average molecular weight is 186 g/mol. The second-order valence-corrected chi connectivity index (χ2v) is 3.35. The molecule has 0 saturated heterocycles. The summed E-state index contributed by atoms with van der Waals surface area (Å²) < 4.78 is 0. The fourth-order valence-corrected chi connectivity index (χ4v) is 0.976. The molecule has 0 aromatic heterocycles. The van der Waals surface area contributed by atoms with E-state index >= 15 is 0 Å². The van der Waals surface area contributed by atoms with Crippen LogP contribution in [-0.4, -0.2) is 41.1 Å². The van der Waals surface area contributed by atoms with E-state index in [0.717, 1.165) is 12.8 Å². The normalized spacial score (nSPS) is 17.7. The number of nitrogens with one attached hydrogen (secondary N) is 1. The van der Waals surface area contributed by atoms with Gasteiger partial charge < -0.3 is 15.3 Å². The average Bonchev–Trinajstić information content (AvgIpc) is 2.85. The SMILES string of the molecule is C[C@@H](NC(=O)N(C)C1CC1)C(=O)O. The van der Waals surface area contributed by atoms with Crippen LogP contribution in [0.4, 0.5) is 4.79 Å². The number of aliphatic carboxylic acids is 1. The van der Waals surface area contributed by atoms with E-state index in [9.17, 15) is 9.59 Å². The lowest BCUT2D eigenvalue weighted by Gasteiger charge is -2.18. The molecule has 5 nitrogen and oxygen atoms in total. The summed E-state index contributed by atoms with van der Waals surface area (Å²) in [5.41, 5.74) is 0. The number of hydrogen-bond donors (Lipinski definition) is 2. The van der Waals surface area contributed by atoms with E-state index in [1.807, 2.05) is 0 Å². The Labute approximate surface area is 76.7 Å². The van der Waals surface area contributed by atoms with Crippen LogP contribution in [0.2, 0.25) is 0 Å². The first kappa shape index (κ1) is 9.83. The van der Waals surface area contributed by atoms with Gasteiger partial charge in [-0.05, 0) is 19.8 Å². The summed E-state index contributed by atoms with van der Waals surface area (Å²) in [6.07, 6.45) is 2.04. The maximum absolute atomic E-state index is 11.3. The highest BCUT2D eigenvalue weighted by Gasteiger charge is 2.30. The van der Waals surface area contributed by atoms with Gasteiger partial charge in [0.1, 0.15) is 6.04 Å². The molecule has 5 heteroatoms. The van der Waals surface area contributed by atoms with E-state index in [1.165, 1.54) is 6.92 Å². The quantitative estimate of drug-likeness (QED) is 0.664. The first-order chi connectivity index (χ1) is 6.02. The van der Waals surface area contributed by atoms with Gasteiger partial charge in [0.2, 0.25) is 0 Å². The molecule has 1 atom stereocenters. The van der Waals surface area contributed by atoms with Crippen molar-refractivity contribution in [3.05, 3.63) is 0 Å². The number of carboxylic acid groups (broad SMARTS) is 1. The first-order valence-electron chi connectivity index (χ1n) is 4.28. The van der Waals surface area contributed by atoms with Crippen LogP contribution in [0.5, 0.6) is 0 Å². The second kappa shape index (κ2) is 3.64. The van der Waals surface area contributed by atoms with Gasteiger partial charge in [-0.2, -0.15) is 0 Å². The van der Waals surface area contributed by atoms with Gasteiger partial charge in [0.05, 0.1) is 0 Å². The summed E-state index contributed by atoms with van der Waals surface area (Å²) in [5.74, 6) is -1.02. The standard InChI is InChI=1S/C8H14N2O3/c1-5(7(11)12)9-8(13)10(2)6-3-4-6/h5-6H,3-4H2,1-2H3,(H,9,13)(H,11,12)/t5-/m1/s1. The summed E-state index contributed by atoms with van der Waals surface area (Å²) in [7, 11) is 1.68. The molecule has 0 aromatic carbocycles. The molecule has 74 valence electrons. The maximum atomic E-state index is 11.3. The van der Waals surface area contributed by atoms with Gasteiger partial charge in [0.25, 0.3) is 0 Å². The third-order valence-electron chi connectivity index (χ3n) is 2.13. The molecule has 2 N–H and O–H groups in total. The van der Waals surface area contributed by atoms with Crippen LogP contribution in [0.15, 0.2) is 0 Å². The van der Waals surface area contributed by atoms with Gasteiger partial charge in [0, 0.05) is 13.1 Å². The first-order valence-corrected chi connectivity index (χ1v) is 4.28. The number of rotatable bonds is 3. The van der Waals surface area contributed by atoms with Crippen molar-refractivity contribution in [3.8, 4) is 0 Å². The van der Waals surface area contributed by atoms with Gasteiger partial charge in [-0.25, -0.2) is 4.79 Å². The molecule has 1 rings (SSSR count). The Morgan fingerprint density at radius 3 is 2.46 bits per heavy atom. The third-order valence-corrected chi connectivity index (χ3v) is 2.13. The van der Waals surface area contributed by atoms with Crippen molar-refractivity contribution in [1.29, 1.82) is 0 Å². The van der Waals surface area contributed by atoms with Crippen LogP contribution in [0.25, 0.3) is 0 Å². The number of amides is 2. The Bertz CT molecular complexity index is 225. The summed E-state index contributed by atoms with van der Waals surface area (Å²) in [4.78, 5) is 23.3. The predicted octanol–water partition coefficient (Wildman–Crippen LogP) is 0.263. The molecule has 1 fully saturated rings. The topological polar surface area (TPSA) is 69.6 Å². The third kappa shape index (κ3) is 2.61. The lowest BCUT2D eigenvalue weighted by molar-refractivity contribution is -0.138. The molecule has 0 unspecified atom stereocenters. The summed E-state index contributed by atoms with van der Waals surface area (Å²) >= 11 is 0. The minimum atomic E-state index is -1.02. The van der Waals surface area contributed by atoms with Gasteiger partial charge >= 0.3 is 12.0 Å². The molecular weight excluding hydrogens is 172 g/mol. The molecule has 0 aromatic rings. The van der Waals surface area contributed by atoms with Crippen molar-refractivity contribution in [2.45, 2.75) is 31.8 Å². The van der Waals surface area contributed by atoms with E-state index in [2.05, 4.69) is 5.32 Å². The van der Waals surface area contributed by atoms with Crippen molar-refractivity contribution in [1.82, 2.24) is 10.2 Å². The number of hydrogen-bond acceptors (Lipinski definition) is 2. The van der Waals surface area contributed by atoms with Crippen molar-refractivity contribution >= 4 is 12.0 Å². The minimum Gasteiger partial charge on any atom is -0.480 e. The van der Waals surface area contributed by atoms with Gasteiger partial charge in [-0.15, -0.1) is 0 Å². The minimum absolute atomic E-state index is 0.306. The smallest absolute Gasteiger partial charge is 0.325 e. The molecule has 2 amide bonds. The van der Waals surface area contributed by atoms with Crippen molar-refractivity contribution in [2.24, 2.45) is 0 Å².